The molecule has 0 heterocycles. The van der Waals surface area contributed by atoms with E-state index < -0.39 is 0 Å². The number of benzene rings is 1. The molecular formula is C12H18ClNO3. The second-order valence-electron chi connectivity index (χ2n) is 3.79. The Morgan fingerprint density at radius 1 is 1.18 bits per heavy atom. The highest BCUT2D eigenvalue weighted by atomic mass is 35.5. The lowest BCUT2D eigenvalue weighted by Gasteiger charge is -2.17. The van der Waals surface area contributed by atoms with E-state index in [1.807, 2.05) is 6.92 Å². The van der Waals surface area contributed by atoms with Crippen molar-refractivity contribution in [1.29, 1.82) is 0 Å². The number of hydrogen-bond acceptors (Lipinski definition) is 4. The zero-order valence-electron chi connectivity index (χ0n) is 10.5. The molecular weight excluding hydrogens is 242 g/mol. The van der Waals surface area contributed by atoms with E-state index >= 15 is 0 Å². The molecule has 0 aliphatic carbocycles. The van der Waals surface area contributed by atoms with E-state index in [4.69, 9.17) is 31.5 Å². The summed E-state index contributed by atoms with van der Waals surface area (Å²) in [5.41, 5.74) is 6.63. The van der Waals surface area contributed by atoms with Gasteiger partial charge in [-0.3, -0.25) is 0 Å². The lowest BCUT2D eigenvalue weighted by Crippen LogP contribution is -2.18. The fourth-order valence-electron chi connectivity index (χ4n) is 1.66. The summed E-state index contributed by atoms with van der Waals surface area (Å²) in [6, 6.07) is 1.74. The molecule has 0 aliphatic rings. The minimum atomic E-state index is -0.0144. The van der Waals surface area contributed by atoms with Gasteiger partial charge in [0.25, 0.3) is 0 Å². The Kier molecular flexibility index (Phi) is 4.90. The maximum atomic E-state index is 6.28. The third-order valence-electron chi connectivity index (χ3n) is 2.42. The van der Waals surface area contributed by atoms with Gasteiger partial charge in [0.2, 0.25) is 0 Å². The Bertz CT molecular complexity index is 394. The molecule has 0 radical (unpaired) electrons. The van der Waals surface area contributed by atoms with Crippen LogP contribution in [0.1, 0.15) is 12.5 Å². The van der Waals surface area contributed by atoms with Gasteiger partial charge in [0.1, 0.15) is 5.75 Å². The van der Waals surface area contributed by atoms with Gasteiger partial charge < -0.3 is 19.9 Å². The van der Waals surface area contributed by atoms with Crippen molar-refractivity contribution < 1.29 is 14.2 Å². The second-order valence-corrected chi connectivity index (χ2v) is 4.17. The van der Waals surface area contributed by atoms with Crippen molar-refractivity contribution in [2.75, 3.05) is 21.3 Å². The first-order chi connectivity index (χ1) is 8.04. The van der Waals surface area contributed by atoms with Crippen molar-refractivity contribution in [3.8, 4) is 17.2 Å². The molecule has 0 spiro atoms. The predicted molar refractivity (Wildman–Crippen MR) is 68.5 cm³/mol. The van der Waals surface area contributed by atoms with E-state index in [0.29, 0.717) is 28.7 Å². The molecule has 96 valence electrons. The van der Waals surface area contributed by atoms with Crippen LogP contribution in [0.5, 0.6) is 17.2 Å². The quantitative estimate of drug-likeness (QED) is 0.881. The molecule has 1 aromatic rings. The number of methoxy groups -OCH3 is 3. The minimum absolute atomic E-state index is 0.0144. The van der Waals surface area contributed by atoms with Gasteiger partial charge in [-0.2, -0.15) is 0 Å². The van der Waals surface area contributed by atoms with E-state index in [1.54, 1.807) is 27.4 Å². The zero-order chi connectivity index (χ0) is 13.0. The molecule has 0 bridgehead atoms. The molecule has 0 amide bonds. The highest BCUT2D eigenvalue weighted by molar-refractivity contribution is 6.33. The fourth-order valence-corrected chi connectivity index (χ4v) is 2.00. The van der Waals surface area contributed by atoms with Crippen molar-refractivity contribution in [2.24, 2.45) is 5.73 Å². The molecule has 5 heteroatoms. The van der Waals surface area contributed by atoms with Crippen molar-refractivity contribution in [1.82, 2.24) is 0 Å². The van der Waals surface area contributed by atoms with Gasteiger partial charge in [-0.25, -0.2) is 0 Å². The zero-order valence-corrected chi connectivity index (χ0v) is 11.3. The van der Waals surface area contributed by atoms with E-state index in [0.717, 1.165) is 5.56 Å². The molecule has 0 aromatic heterocycles. The molecule has 1 atom stereocenters. The summed E-state index contributed by atoms with van der Waals surface area (Å²) in [6.07, 6.45) is 0.613. The van der Waals surface area contributed by atoms with Crippen LogP contribution in [0.25, 0.3) is 0 Å². The maximum Gasteiger partial charge on any atom is 0.179 e. The van der Waals surface area contributed by atoms with Crippen molar-refractivity contribution in [3.63, 3.8) is 0 Å². The number of rotatable bonds is 5. The third kappa shape index (κ3) is 2.96. The lowest BCUT2D eigenvalue weighted by atomic mass is 10.1. The van der Waals surface area contributed by atoms with Crippen LogP contribution in [0.2, 0.25) is 5.02 Å². The SMILES string of the molecule is COc1cc(OC)c(OC)c(Cl)c1CC(C)N. The van der Waals surface area contributed by atoms with Gasteiger partial charge in [-0.1, -0.05) is 11.6 Å². The summed E-state index contributed by atoms with van der Waals surface area (Å²) in [7, 11) is 4.69. The average Bonchev–Trinajstić information content (AvgIpc) is 2.30. The van der Waals surface area contributed by atoms with Crippen LogP contribution in [-0.4, -0.2) is 27.4 Å². The standard InChI is InChI=1S/C12H18ClNO3/c1-7(14)5-8-9(15-2)6-10(16-3)12(17-4)11(8)13/h6-7H,5,14H2,1-4H3. The van der Waals surface area contributed by atoms with Gasteiger partial charge >= 0.3 is 0 Å². The molecule has 2 N–H and O–H groups in total. The highest BCUT2D eigenvalue weighted by Gasteiger charge is 2.19. The van der Waals surface area contributed by atoms with Gasteiger partial charge in [0, 0.05) is 17.7 Å². The van der Waals surface area contributed by atoms with Crippen LogP contribution < -0.4 is 19.9 Å². The number of nitrogens with two attached hydrogens (primary N) is 1. The number of hydrogen-bond donors (Lipinski definition) is 1. The largest absolute Gasteiger partial charge is 0.496 e. The van der Waals surface area contributed by atoms with Gasteiger partial charge in [-0.15, -0.1) is 0 Å². The van der Waals surface area contributed by atoms with Gasteiger partial charge in [-0.05, 0) is 13.3 Å². The Morgan fingerprint density at radius 3 is 2.18 bits per heavy atom. The molecule has 0 fully saturated rings. The topological polar surface area (TPSA) is 53.7 Å². The number of halogens is 1. The first-order valence-electron chi connectivity index (χ1n) is 5.28. The van der Waals surface area contributed by atoms with Crippen molar-refractivity contribution in [2.45, 2.75) is 19.4 Å². The molecule has 1 aromatic carbocycles. The van der Waals surface area contributed by atoms with Crippen LogP contribution in [0.3, 0.4) is 0 Å². The summed E-state index contributed by atoms with van der Waals surface area (Å²) >= 11 is 6.28. The molecule has 1 rings (SSSR count). The summed E-state index contributed by atoms with van der Waals surface area (Å²) in [5.74, 6) is 1.71. The molecule has 17 heavy (non-hydrogen) atoms. The van der Waals surface area contributed by atoms with Crippen LogP contribution >= 0.6 is 11.6 Å². The van der Waals surface area contributed by atoms with Crippen molar-refractivity contribution in [3.05, 3.63) is 16.7 Å². The van der Waals surface area contributed by atoms with Crippen LogP contribution in [0.15, 0.2) is 6.07 Å². The molecule has 0 saturated carbocycles. The minimum Gasteiger partial charge on any atom is -0.496 e. The van der Waals surface area contributed by atoms with Gasteiger partial charge in [0.05, 0.1) is 26.4 Å². The van der Waals surface area contributed by atoms with Crippen LogP contribution in [-0.2, 0) is 6.42 Å². The predicted octanol–water partition coefficient (Wildman–Crippen LogP) is 2.26. The summed E-state index contributed by atoms with van der Waals surface area (Å²) < 4.78 is 15.7. The lowest BCUT2D eigenvalue weighted by molar-refractivity contribution is 0.347. The monoisotopic (exact) mass is 259 g/mol. The van der Waals surface area contributed by atoms with Gasteiger partial charge in [0.15, 0.2) is 11.5 Å². The smallest absolute Gasteiger partial charge is 0.179 e. The first kappa shape index (κ1) is 13.9. The summed E-state index contributed by atoms with van der Waals surface area (Å²) in [4.78, 5) is 0. The summed E-state index contributed by atoms with van der Waals surface area (Å²) in [6.45, 7) is 1.91. The van der Waals surface area contributed by atoms with E-state index in [-0.39, 0.29) is 6.04 Å². The van der Waals surface area contributed by atoms with Crippen LogP contribution in [0.4, 0.5) is 0 Å². The number of ether oxygens (including phenoxy) is 3. The van der Waals surface area contributed by atoms with E-state index in [1.165, 1.54) is 0 Å². The second kappa shape index (κ2) is 5.98. The molecule has 4 nitrogen and oxygen atoms in total. The Balaban J connectivity index is 3.35. The fraction of sp³-hybridized carbons (Fsp3) is 0.500. The molecule has 0 saturated heterocycles. The summed E-state index contributed by atoms with van der Waals surface area (Å²) in [5, 5.41) is 0.487. The van der Waals surface area contributed by atoms with E-state index in [2.05, 4.69) is 0 Å². The highest BCUT2D eigenvalue weighted by Crippen LogP contribution is 2.43. The normalized spacial score (nSPS) is 12.1. The molecule has 1 unspecified atom stereocenters. The Labute approximate surface area is 107 Å². The van der Waals surface area contributed by atoms with Crippen molar-refractivity contribution >= 4 is 11.6 Å². The first-order valence-corrected chi connectivity index (χ1v) is 5.65. The third-order valence-corrected chi connectivity index (χ3v) is 2.82. The Morgan fingerprint density at radius 2 is 1.76 bits per heavy atom. The van der Waals surface area contributed by atoms with Crippen LogP contribution in [0, 0.1) is 0 Å². The molecule has 0 aliphatic heterocycles. The maximum absolute atomic E-state index is 6.28. The Hall–Kier alpha value is -1.13. The van der Waals surface area contributed by atoms with E-state index in [9.17, 15) is 0 Å². The average molecular weight is 260 g/mol.